The molecule has 2 rings (SSSR count). The Morgan fingerprint density at radius 1 is 1.30 bits per heavy atom. The van der Waals surface area contributed by atoms with E-state index >= 15 is 0 Å². The van der Waals surface area contributed by atoms with E-state index in [1.54, 1.807) is 6.07 Å². The van der Waals surface area contributed by atoms with E-state index in [1.165, 1.54) is 30.5 Å². The molecule has 1 N–H and O–H groups in total. The smallest absolute Gasteiger partial charge is 0.267 e. The Morgan fingerprint density at radius 3 is 2.80 bits per heavy atom. The number of aromatic nitrogens is 1. The zero-order valence-electron chi connectivity index (χ0n) is 9.98. The number of benzene rings is 1. The molecule has 2 aromatic rings. The summed E-state index contributed by atoms with van der Waals surface area (Å²) in [5.74, 6) is -1.08. The van der Waals surface area contributed by atoms with Gasteiger partial charge in [-0.15, -0.1) is 0 Å². The number of halogens is 3. The van der Waals surface area contributed by atoms with Gasteiger partial charge in [0.15, 0.2) is 0 Å². The van der Waals surface area contributed by atoms with Crippen LogP contribution in [-0.2, 0) is 0 Å². The first-order valence-corrected chi connectivity index (χ1v) is 6.23. The molecule has 1 aromatic heterocycles. The number of rotatable bonds is 3. The first-order valence-electron chi connectivity index (χ1n) is 5.47. The van der Waals surface area contributed by atoms with Gasteiger partial charge < -0.3 is 0 Å². The summed E-state index contributed by atoms with van der Waals surface area (Å²) < 4.78 is 13.4. The predicted molar refractivity (Wildman–Crippen MR) is 75.7 cm³/mol. The molecular formula is C13H8Cl2FN3O. The van der Waals surface area contributed by atoms with Gasteiger partial charge in [-0.3, -0.25) is 4.79 Å². The van der Waals surface area contributed by atoms with Crippen molar-refractivity contribution in [2.75, 3.05) is 0 Å². The van der Waals surface area contributed by atoms with Crippen LogP contribution in [0.25, 0.3) is 0 Å². The number of carbonyl (C=O) groups excluding carboxylic acids is 1. The van der Waals surface area contributed by atoms with E-state index < -0.39 is 11.7 Å². The normalized spacial score (nSPS) is 10.8. The lowest BCUT2D eigenvalue weighted by atomic mass is 10.2. The molecule has 20 heavy (non-hydrogen) atoms. The van der Waals surface area contributed by atoms with Crippen molar-refractivity contribution in [3.05, 3.63) is 63.6 Å². The predicted octanol–water partition coefficient (Wildman–Crippen LogP) is 3.29. The minimum Gasteiger partial charge on any atom is -0.267 e. The number of nitrogens with zero attached hydrogens (tertiary/aromatic N) is 2. The molecular weight excluding hydrogens is 304 g/mol. The zero-order chi connectivity index (χ0) is 14.5. The van der Waals surface area contributed by atoms with Crippen LogP contribution in [0.4, 0.5) is 4.39 Å². The fraction of sp³-hybridized carbons (Fsp3) is 0. The van der Waals surface area contributed by atoms with Crippen molar-refractivity contribution in [1.82, 2.24) is 10.4 Å². The average molecular weight is 312 g/mol. The molecule has 4 nitrogen and oxygen atoms in total. The van der Waals surface area contributed by atoms with Crippen LogP contribution in [0.5, 0.6) is 0 Å². The summed E-state index contributed by atoms with van der Waals surface area (Å²) >= 11 is 11.6. The minimum atomic E-state index is -0.549. The summed E-state index contributed by atoms with van der Waals surface area (Å²) in [5.41, 5.74) is 2.49. The maximum atomic E-state index is 13.4. The standard InChI is InChI=1S/C13H8Cl2FN3O/c14-10-4-1-5-11(16)9(10)7-18-19-13(20)8-3-2-6-17-12(8)15/h1-7H,(H,19,20). The molecule has 0 aliphatic rings. The van der Waals surface area contributed by atoms with Gasteiger partial charge in [-0.2, -0.15) is 5.10 Å². The van der Waals surface area contributed by atoms with Gasteiger partial charge in [-0.25, -0.2) is 14.8 Å². The third-order valence-electron chi connectivity index (χ3n) is 2.36. The molecule has 0 aliphatic heterocycles. The molecule has 0 radical (unpaired) electrons. The number of nitrogens with one attached hydrogen (secondary N) is 1. The summed E-state index contributed by atoms with van der Waals surface area (Å²) in [7, 11) is 0. The molecule has 0 saturated heterocycles. The van der Waals surface area contributed by atoms with Crippen LogP contribution in [0.1, 0.15) is 15.9 Å². The lowest BCUT2D eigenvalue weighted by Gasteiger charge is -2.02. The first-order chi connectivity index (χ1) is 9.59. The van der Waals surface area contributed by atoms with Crippen LogP contribution in [0.2, 0.25) is 10.2 Å². The lowest BCUT2D eigenvalue weighted by Crippen LogP contribution is -2.18. The third-order valence-corrected chi connectivity index (χ3v) is 2.99. The van der Waals surface area contributed by atoms with Crippen LogP contribution in [0, 0.1) is 5.82 Å². The van der Waals surface area contributed by atoms with Crippen LogP contribution in [-0.4, -0.2) is 17.1 Å². The Balaban J connectivity index is 2.11. The first kappa shape index (κ1) is 14.4. The van der Waals surface area contributed by atoms with E-state index in [0.29, 0.717) is 0 Å². The highest BCUT2D eigenvalue weighted by Gasteiger charge is 2.09. The van der Waals surface area contributed by atoms with Crippen LogP contribution in [0.3, 0.4) is 0 Å². The van der Waals surface area contributed by atoms with Gasteiger partial charge in [-0.1, -0.05) is 29.3 Å². The Labute approximate surface area is 124 Å². The molecule has 102 valence electrons. The van der Waals surface area contributed by atoms with E-state index in [4.69, 9.17) is 23.2 Å². The van der Waals surface area contributed by atoms with E-state index in [1.807, 2.05) is 0 Å². The fourth-order valence-corrected chi connectivity index (χ4v) is 1.82. The monoisotopic (exact) mass is 311 g/mol. The Morgan fingerprint density at radius 2 is 2.10 bits per heavy atom. The van der Waals surface area contributed by atoms with Gasteiger partial charge in [0.25, 0.3) is 5.91 Å². The van der Waals surface area contributed by atoms with Gasteiger partial charge in [0, 0.05) is 11.8 Å². The van der Waals surface area contributed by atoms with Crippen molar-refractivity contribution < 1.29 is 9.18 Å². The number of pyridine rings is 1. The number of hydrogen-bond acceptors (Lipinski definition) is 3. The molecule has 0 bridgehead atoms. The third kappa shape index (κ3) is 3.31. The summed E-state index contributed by atoms with van der Waals surface area (Å²) in [6.45, 7) is 0. The van der Waals surface area contributed by atoms with Gasteiger partial charge >= 0.3 is 0 Å². The van der Waals surface area contributed by atoms with Crippen molar-refractivity contribution in [3.63, 3.8) is 0 Å². The Bertz CT molecular complexity index is 656. The highest BCUT2D eigenvalue weighted by atomic mass is 35.5. The van der Waals surface area contributed by atoms with Crippen molar-refractivity contribution in [2.45, 2.75) is 0 Å². The van der Waals surface area contributed by atoms with Crippen LogP contribution >= 0.6 is 23.2 Å². The van der Waals surface area contributed by atoms with Crippen LogP contribution in [0.15, 0.2) is 41.6 Å². The van der Waals surface area contributed by atoms with E-state index in [9.17, 15) is 9.18 Å². The van der Waals surface area contributed by atoms with Crippen molar-refractivity contribution in [2.24, 2.45) is 5.10 Å². The highest BCUT2D eigenvalue weighted by Crippen LogP contribution is 2.16. The number of hydrazone groups is 1. The van der Waals surface area contributed by atoms with Crippen molar-refractivity contribution in [1.29, 1.82) is 0 Å². The molecule has 7 heteroatoms. The molecule has 1 aromatic carbocycles. The maximum Gasteiger partial charge on any atom is 0.274 e. The van der Waals surface area contributed by atoms with Gasteiger partial charge in [0.1, 0.15) is 11.0 Å². The van der Waals surface area contributed by atoms with Crippen LogP contribution < -0.4 is 5.43 Å². The Kier molecular flexibility index (Phi) is 4.65. The average Bonchev–Trinajstić information content (AvgIpc) is 2.42. The summed E-state index contributed by atoms with van der Waals surface area (Å²) in [6.07, 6.45) is 2.58. The fourth-order valence-electron chi connectivity index (χ4n) is 1.41. The summed E-state index contributed by atoms with van der Waals surface area (Å²) in [5, 5.41) is 3.90. The number of amides is 1. The summed E-state index contributed by atoms with van der Waals surface area (Å²) in [4.78, 5) is 15.5. The second kappa shape index (κ2) is 6.45. The molecule has 0 atom stereocenters. The minimum absolute atomic E-state index is 0.0594. The van der Waals surface area contributed by atoms with Gasteiger partial charge in [0.2, 0.25) is 0 Å². The van der Waals surface area contributed by atoms with Crippen molar-refractivity contribution >= 4 is 35.3 Å². The lowest BCUT2D eigenvalue weighted by molar-refractivity contribution is 0.0955. The molecule has 0 spiro atoms. The second-order valence-corrected chi connectivity index (χ2v) is 4.44. The SMILES string of the molecule is O=C(NN=Cc1c(F)cccc1Cl)c1cccnc1Cl. The van der Waals surface area contributed by atoms with Crippen molar-refractivity contribution in [3.8, 4) is 0 Å². The molecule has 0 aliphatic carbocycles. The topological polar surface area (TPSA) is 54.4 Å². The molecule has 0 saturated carbocycles. The maximum absolute atomic E-state index is 13.4. The van der Waals surface area contributed by atoms with Gasteiger partial charge in [-0.05, 0) is 24.3 Å². The molecule has 1 amide bonds. The largest absolute Gasteiger partial charge is 0.274 e. The second-order valence-electron chi connectivity index (χ2n) is 3.68. The Hall–Kier alpha value is -1.98. The number of carbonyl (C=O) groups is 1. The number of hydrogen-bond donors (Lipinski definition) is 1. The molecule has 0 unspecified atom stereocenters. The van der Waals surface area contributed by atoms with E-state index in [0.717, 1.165) is 6.21 Å². The van der Waals surface area contributed by atoms with E-state index in [2.05, 4.69) is 15.5 Å². The van der Waals surface area contributed by atoms with E-state index in [-0.39, 0.29) is 21.3 Å². The quantitative estimate of drug-likeness (QED) is 0.537. The highest BCUT2D eigenvalue weighted by molar-refractivity contribution is 6.33. The van der Waals surface area contributed by atoms with Gasteiger partial charge in [0.05, 0.1) is 16.8 Å². The zero-order valence-corrected chi connectivity index (χ0v) is 11.5. The molecule has 1 heterocycles. The molecule has 0 fully saturated rings. The summed E-state index contributed by atoms with van der Waals surface area (Å²) in [6, 6.07) is 7.30.